The molecule has 5 rings (SSSR count). The van der Waals surface area contributed by atoms with Crippen LogP contribution < -0.4 is 4.74 Å². The first-order chi connectivity index (χ1) is 14.2. The Labute approximate surface area is 170 Å². The van der Waals surface area contributed by atoms with E-state index in [-0.39, 0.29) is 11.9 Å². The number of ether oxygens (including phenoxy) is 1. The van der Waals surface area contributed by atoms with Crippen LogP contribution in [0.4, 0.5) is 0 Å². The van der Waals surface area contributed by atoms with E-state index < -0.39 is 0 Å². The smallest absolute Gasteiger partial charge is 0.325 e. The maximum atomic E-state index is 10.1. The molecule has 8 heteroatoms. The highest BCUT2D eigenvalue weighted by Crippen LogP contribution is 2.28. The lowest BCUT2D eigenvalue weighted by atomic mass is 10.2. The maximum absolute atomic E-state index is 10.1. The molecule has 0 fully saturated rings. The monoisotopic (exact) mass is 403 g/mol. The zero-order chi connectivity index (χ0) is 19.8. The van der Waals surface area contributed by atoms with Gasteiger partial charge in [-0.3, -0.25) is 9.67 Å². The largest absolute Gasteiger partial charge is 0.493 e. The molecular formula is C21H14ClN5O2. The number of halogens is 1. The molecule has 0 amide bonds. The fraction of sp³-hybridized carbons (Fsp3) is 0.0476. The summed E-state index contributed by atoms with van der Waals surface area (Å²) in [5, 5.41) is 16.7. The third kappa shape index (κ3) is 3.32. The molecule has 0 saturated heterocycles. The molecule has 0 radical (unpaired) electrons. The molecule has 0 atom stereocenters. The highest BCUT2D eigenvalue weighted by atomic mass is 35.5. The van der Waals surface area contributed by atoms with E-state index in [0.717, 1.165) is 16.5 Å². The van der Waals surface area contributed by atoms with Crippen LogP contribution in [0.25, 0.3) is 21.8 Å². The molecule has 3 aromatic heterocycles. The third-order valence-corrected chi connectivity index (χ3v) is 4.93. The molecule has 0 aliphatic carbocycles. The van der Waals surface area contributed by atoms with Gasteiger partial charge in [0.15, 0.2) is 0 Å². The third-order valence-electron chi connectivity index (χ3n) is 4.56. The first-order valence-electron chi connectivity index (χ1n) is 8.85. The summed E-state index contributed by atoms with van der Waals surface area (Å²) >= 11 is 6.26. The van der Waals surface area contributed by atoms with Gasteiger partial charge < -0.3 is 9.84 Å². The minimum absolute atomic E-state index is 0.0470. The second-order valence-electron chi connectivity index (χ2n) is 6.44. The van der Waals surface area contributed by atoms with E-state index in [9.17, 15) is 5.11 Å². The average molecular weight is 404 g/mol. The number of hydrogen-bond donors (Lipinski definition) is 1. The number of aromatic hydroxyl groups is 1. The van der Waals surface area contributed by atoms with E-state index in [4.69, 9.17) is 16.3 Å². The van der Waals surface area contributed by atoms with Crippen molar-refractivity contribution in [2.45, 2.75) is 6.54 Å². The lowest BCUT2D eigenvalue weighted by Gasteiger charge is -2.08. The summed E-state index contributed by atoms with van der Waals surface area (Å²) in [6, 6.07) is 15.0. The van der Waals surface area contributed by atoms with Crippen LogP contribution in [0.3, 0.4) is 0 Å². The van der Waals surface area contributed by atoms with Crippen molar-refractivity contribution >= 4 is 33.4 Å². The molecule has 1 N–H and O–H groups in total. The quantitative estimate of drug-likeness (QED) is 0.473. The Bertz CT molecular complexity index is 1350. The SMILES string of the molecule is Oc1nc(Oc2ccc3c(cnn3Cc3ccccc3Cl)c2)nc2cnccc12. The summed E-state index contributed by atoms with van der Waals surface area (Å²) < 4.78 is 7.63. The molecule has 0 spiro atoms. The second-order valence-corrected chi connectivity index (χ2v) is 6.85. The van der Waals surface area contributed by atoms with Gasteiger partial charge in [0.1, 0.15) is 5.75 Å². The molecule has 2 aromatic carbocycles. The number of benzene rings is 2. The summed E-state index contributed by atoms with van der Waals surface area (Å²) in [7, 11) is 0. The summed E-state index contributed by atoms with van der Waals surface area (Å²) in [4.78, 5) is 12.3. The van der Waals surface area contributed by atoms with Gasteiger partial charge in [-0.15, -0.1) is 0 Å². The van der Waals surface area contributed by atoms with Gasteiger partial charge in [-0.25, -0.2) is 0 Å². The standard InChI is InChI=1S/C21H14ClN5O2/c22-17-4-2-1-3-13(17)12-27-19-6-5-15(9-14(19)10-24-27)29-21-25-18-11-23-8-7-16(18)20(28)26-21/h1-11H,12H2,(H,25,26,28). The Kier molecular flexibility index (Phi) is 4.22. The van der Waals surface area contributed by atoms with Crippen molar-refractivity contribution in [1.29, 1.82) is 0 Å². The number of pyridine rings is 1. The minimum atomic E-state index is -0.152. The Morgan fingerprint density at radius 2 is 1.93 bits per heavy atom. The van der Waals surface area contributed by atoms with Gasteiger partial charge in [-0.2, -0.15) is 15.1 Å². The first kappa shape index (κ1) is 17.4. The van der Waals surface area contributed by atoms with Crippen molar-refractivity contribution in [2.24, 2.45) is 0 Å². The molecule has 0 saturated carbocycles. The van der Waals surface area contributed by atoms with Crippen LogP contribution in [-0.4, -0.2) is 29.8 Å². The van der Waals surface area contributed by atoms with E-state index in [1.54, 1.807) is 30.7 Å². The zero-order valence-electron chi connectivity index (χ0n) is 15.0. The van der Waals surface area contributed by atoms with Crippen LogP contribution in [0.2, 0.25) is 5.02 Å². The van der Waals surface area contributed by atoms with Gasteiger partial charge in [-0.1, -0.05) is 29.8 Å². The minimum Gasteiger partial charge on any atom is -0.493 e. The van der Waals surface area contributed by atoms with Gasteiger partial charge >= 0.3 is 6.01 Å². The normalized spacial score (nSPS) is 11.2. The highest BCUT2D eigenvalue weighted by Gasteiger charge is 2.11. The van der Waals surface area contributed by atoms with E-state index >= 15 is 0 Å². The number of hydrogen-bond acceptors (Lipinski definition) is 6. The van der Waals surface area contributed by atoms with Crippen molar-refractivity contribution in [3.8, 4) is 17.6 Å². The Hall–Kier alpha value is -3.71. The van der Waals surface area contributed by atoms with Crippen molar-refractivity contribution in [2.75, 3.05) is 0 Å². The molecule has 0 aliphatic rings. The predicted octanol–water partition coefficient (Wildman–Crippen LogP) is 4.57. The van der Waals surface area contributed by atoms with Crippen LogP contribution >= 0.6 is 11.6 Å². The van der Waals surface area contributed by atoms with Gasteiger partial charge in [0, 0.05) is 16.6 Å². The van der Waals surface area contributed by atoms with Crippen molar-refractivity contribution in [1.82, 2.24) is 24.7 Å². The van der Waals surface area contributed by atoms with Crippen LogP contribution in [0.15, 0.2) is 67.1 Å². The van der Waals surface area contributed by atoms with Crippen LogP contribution in [0.1, 0.15) is 5.56 Å². The lowest BCUT2D eigenvalue weighted by Crippen LogP contribution is -2.01. The van der Waals surface area contributed by atoms with Gasteiger partial charge in [0.25, 0.3) is 0 Å². The number of aromatic nitrogens is 5. The summed E-state index contributed by atoms with van der Waals surface area (Å²) in [5.41, 5.74) is 2.44. The Morgan fingerprint density at radius 1 is 1.03 bits per heavy atom. The molecule has 3 heterocycles. The fourth-order valence-corrected chi connectivity index (χ4v) is 3.33. The van der Waals surface area contributed by atoms with Crippen LogP contribution in [0.5, 0.6) is 17.6 Å². The van der Waals surface area contributed by atoms with Crippen LogP contribution in [0, 0.1) is 0 Å². The van der Waals surface area contributed by atoms with Gasteiger partial charge in [-0.05, 0) is 35.9 Å². The van der Waals surface area contributed by atoms with E-state index in [0.29, 0.717) is 28.2 Å². The summed E-state index contributed by atoms with van der Waals surface area (Å²) in [5.74, 6) is 0.387. The molecule has 0 unspecified atom stereocenters. The molecular weight excluding hydrogens is 390 g/mol. The summed E-state index contributed by atoms with van der Waals surface area (Å²) in [6.07, 6.45) is 4.88. The molecule has 5 aromatic rings. The first-order valence-corrected chi connectivity index (χ1v) is 9.23. The molecule has 0 aliphatic heterocycles. The average Bonchev–Trinajstić information content (AvgIpc) is 3.12. The van der Waals surface area contributed by atoms with Crippen molar-refractivity contribution in [3.63, 3.8) is 0 Å². The highest BCUT2D eigenvalue weighted by molar-refractivity contribution is 6.31. The predicted molar refractivity (Wildman–Crippen MR) is 109 cm³/mol. The molecule has 0 bridgehead atoms. The number of rotatable bonds is 4. The molecule has 142 valence electrons. The Morgan fingerprint density at radius 3 is 2.83 bits per heavy atom. The van der Waals surface area contributed by atoms with E-state index in [1.807, 2.05) is 41.1 Å². The molecule has 29 heavy (non-hydrogen) atoms. The van der Waals surface area contributed by atoms with Crippen molar-refractivity contribution in [3.05, 3.63) is 77.7 Å². The Balaban J connectivity index is 1.45. The topological polar surface area (TPSA) is 86.0 Å². The van der Waals surface area contributed by atoms with E-state index in [2.05, 4.69) is 20.1 Å². The van der Waals surface area contributed by atoms with Gasteiger partial charge in [0.05, 0.1) is 35.4 Å². The maximum Gasteiger partial charge on any atom is 0.325 e. The number of nitrogens with zero attached hydrogens (tertiary/aromatic N) is 5. The zero-order valence-corrected chi connectivity index (χ0v) is 15.8. The second kappa shape index (κ2) is 7.03. The van der Waals surface area contributed by atoms with Gasteiger partial charge in [0.2, 0.25) is 5.88 Å². The summed E-state index contributed by atoms with van der Waals surface area (Å²) in [6.45, 7) is 0.567. The molecule has 7 nitrogen and oxygen atoms in total. The van der Waals surface area contributed by atoms with Crippen LogP contribution in [-0.2, 0) is 6.54 Å². The number of fused-ring (bicyclic) bond motifs is 2. The van der Waals surface area contributed by atoms with E-state index in [1.165, 1.54) is 0 Å². The lowest BCUT2D eigenvalue weighted by molar-refractivity contribution is 0.412. The fourth-order valence-electron chi connectivity index (χ4n) is 3.14. The van der Waals surface area contributed by atoms with Crippen molar-refractivity contribution < 1.29 is 9.84 Å².